The third-order valence-electron chi connectivity index (χ3n) is 7.53. The van der Waals surface area contributed by atoms with Crippen LogP contribution in [0.3, 0.4) is 0 Å². The van der Waals surface area contributed by atoms with E-state index in [2.05, 4.69) is 28.3 Å². The number of carbonyl (C=O) groups is 2. The van der Waals surface area contributed by atoms with Crippen LogP contribution in [0.5, 0.6) is 0 Å². The fourth-order valence-corrected chi connectivity index (χ4v) is 6.87. The number of carbonyl (C=O) groups excluding carboxylic acids is 2. The maximum Gasteiger partial charge on any atom is 0.478 e. The Morgan fingerprint density at radius 3 is 2.28 bits per heavy atom. The number of rotatable bonds is 13. The van der Waals surface area contributed by atoms with Gasteiger partial charge in [-0.05, 0) is 6.07 Å². The highest BCUT2D eigenvalue weighted by Gasteiger charge is 2.49. The summed E-state index contributed by atoms with van der Waals surface area (Å²) in [5.74, 6) is -0.386. The van der Waals surface area contributed by atoms with E-state index in [4.69, 9.17) is 20.9 Å². The number of nitrogen functional groups attached to an aromatic ring is 1. The highest BCUT2D eigenvalue weighted by molar-refractivity contribution is 7.60. The van der Waals surface area contributed by atoms with Crippen LogP contribution in [-0.2, 0) is 36.8 Å². The predicted molar refractivity (Wildman–Crippen MR) is 163 cm³/mol. The first kappa shape index (κ1) is 39.4. The van der Waals surface area contributed by atoms with Crippen molar-refractivity contribution in [2.75, 3.05) is 18.9 Å². The van der Waals surface area contributed by atoms with Gasteiger partial charge in [-0.1, -0.05) is 13.8 Å². The van der Waals surface area contributed by atoms with Gasteiger partial charge in [0.25, 0.3) is 20.0 Å². The average molecular weight is 750 g/mol. The monoisotopic (exact) mass is 749 g/mol. The fourth-order valence-electron chi connectivity index (χ4n) is 4.82. The van der Waals surface area contributed by atoms with Crippen LogP contribution in [0, 0.1) is 0 Å². The van der Waals surface area contributed by atoms with Gasteiger partial charge in [0, 0.05) is 18.9 Å². The lowest BCUT2D eigenvalue weighted by molar-refractivity contribution is -0.765. The van der Waals surface area contributed by atoms with Crippen molar-refractivity contribution in [2.24, 2.45) is 5.73 Å². The SMILES string of the molecule is CCC(=O)CC.NC(=O)c1ccc[n+]([C@@H]2O[C@H](COP(=O)([O-])OP(=O)(O)OC[C@H]3O[C@@H](n4cnc5c(N)ncnc54)[C@H](O)[C@@H]3O)[C@@H](O)[C@H]2O)c1. The minimum Gasteiger partial charge on any atom is -0.756 e. The van der Waals surface area contributed by atoms with Crippen LogP contribution in [0.15, 0.2) is 37.2 Å². The largest absolute Gasteiger partial charge is 0.756 e. The number of aliphatic hydroxyl groups excluding tert-OH is 4. The van der Waals surface area contributed by atoms with Crippen molar-refractivity contribution in [1.29, 1.82) is 0 Å². The van der Waals surface area contributed by atoms with Crippen molar-refractivity contribution in [3.8, 4) is 0 Å². The highest BCUT2D eigenvalue weighted by Crippen LogP contribution is 2.58. The molecule has 2 unspecified atom stereocenters. The van der Waals surface area contributed by atoms with Gasteiger partial charge < -0.3 is 55.7 Å². The fraction of sp³-hybridized carbons (Fsp3) is 0.538. The molecule has 10 atom stereocenters. The number of amides is 1. The number of imidazole rings is 1. The smallest absolute Gasteiger partial charge is 0.478 e. The number of aliphatic hydroxyl groups is 4. The molecular formula is C26H37N7O15P2. The molecule has 2 aliphatic rings. The van der Waals surface area contributed by atoms with E-state index in [1.807, 2.05) is 13.8 Å². The molecule has 24 heteroatoms. The molecular weight excluding hydrogens is 712 g/mol. The molecule has 3 aromatic heterocycles. The summed E-state index contributed by atoms with van der Waals surface area (Å²) in [5, 5.41) is 41.6. The molecule has 22 nitrogen and oxygen atoms in total. The first-order chi connectivity index (χ1) is 23.5. The summed E-state index contributed by atoms with van der Waals surface area (Å²) in [6, 6.07) is 2.82. The van der Waals surface area contributed by atoms with Crippen molar-refractivity contribution in [3.63, 3.8) is 0 Å². The van der Waals surface area contributed by atoms with Crippen molar-refractivity contribution >= 4 is 44.3 Å². The number of pyridine rings is 1. The van der Waals surface area contributed by atoms with Gasteiger partial charge in [0.15, 0.2) is 36.2 Å². The second kappa shape index (κ2) is 16.3. The zero-order chi connectivity index (χ0) is 37.0. The number of fused-ring (bicyclic) bond motifs is 1. The molecule has 5 heterocycles. The van der Waals surface area contributed by atoms with Crippen molar-refractivity contribution < 1.29 is 76.3 Å². The third kappa shape index (κ3) is 9.30. The molecule has 0 aliphatic carbocycles. The second-order valence-corrected chi connectivity index (χ2v) is 13.9. The van der Waals surface area contributed by atoms with E-state index in [0.717, 1.165) is 6.33 Å². The molecule has 9 N–H and O–H groups in total. The van der Waals surface area contributed by atoms with Gasteiger partial charge in [-0.15, -0.1) is 0 Å². The maximum atomic E-state index is 12.4. The lowest BCUT2D eigenvalue weighted by atomic mass is 10.1. The van der Waals surface area contributed by atoms with Crippen LogP contribution >= 0.6 is 15.6 Å². The van der Waals surface area contributed by atoms with Gasteiger partial charge in [-0.3, -0.25) is 23.2 Å². The summed E-state index contributed by atoms with van der Waals surface area (Å²) >= 11 is 0. The van der Waals surface area contributed by atoms with Crippen molar-refractivity contribution in [3.05, 3.63) is 42.7 Å². The van der Waals surface area contributed by atoms with E-state index in [-0.39, 0.29) is 22.5 Å². The van der Waals surface area contributed by atoms with Gasteiger partial charge in [0.05, 0.1) is 19.5 Å². The lowest BCUT2D eigenvalue weighted by Gasteiger charge is -2.26. The highest BCUT2D eigenvalue weighted by atomic mass is 31.3. The molecule has 1 amide bonds. The second-order valence-electron chi connectivity index (χ2n) is 10.9. The van der Waals surface area contributed by atoms with Crippen molar-refractivity contribution in [2.45, 2.75) is 75.8 Å². The summed E-state index contributed by atoms with van der Waals surface area (Å²) < 4.78 is 51.5. The Kier molecular flexibility index (Phi) is 12.9. The number of phosphoric ester groups is 2. The minimum absolute atomic E-state index is 0.0446. The van der Waals surface area contributed by atoms with Crippen LogP contribution in [0.1, 0.15) is 49.5 Å². The Labute approximate surface area is 283 Å². The van der Waals surface area contributed by atoms with E-state index in [1.165, 1.54) is 40.0 Å². The average Bonchev–Trinajstić information content (AvgIpc) is 3.72. The molecule has 2 saturated heterocycles. The van der Waals surface area contributed by atoms with E-state index in [9.17, 15) is 48.9 Å². The minimum atomic E-state index is -5.62. The summed E-state index contributed by atoms with van der Waals surface area (Å²) in [6.45, 7) is 1.88. The maximum absolute atomic E-state index is 12.4. The quantitative estimate of drug-likeness (QED) is 0.0715. The van der Waals surface area contributed by atoms with Gasteiger partial charge in [-0.2, -0.15) is 4.57 Å². The normalized spacial score (nSPS) is 28.8. The number of phosphoric acid groups is 2. The molecule has 2 aliphatic heterocycles. The van der Waals surface area contributed by atoms with E-state index in [0.29, 0.717) is 18.6 Å². The molecule has 5 rings (SSSR count). The van der Waals surface area contributed by atoms with Crippen LogP contribution in [-0.4, -0.2) is 106 Å². The molecule has 0 bridgehead atoms. The standard InChI is InChI=1S/C21H27N7O14P2.C5H10O/c22-17-12-19(25-7-24-17)28(8-26-12)21-16(32)14(30)11(41-21)6-39-44(36,37)42-43(34,35)38-5-10-13(29)15(31)20(40-10)27-3-1-2-9(4-27)18(23)33;1-3-5(6)4-2/h1-4,7-8,10-11,13-16,20-21,29-32H,5-6H2,(H5-,22,23,24,25,33,34,35,36,37);3-4H2,1-2H3/t10-,11-,13-,14-,15-,16-,20-,21-;/m1./s1. The zero-order valence-corrected chi connectivity index (χ0v) is 28.3. The number of aromatic nitrogens is 5. The van der Waals surface area contributed by atoms with Crippen LogP contribution in [0.2, 0.25) is 0 Å². The number of anilines is 1. The Morgan fingerprint density at radius 2 is 1.64 bits per heavy atom. The summed E-state index contributed by atoms with van der Waals surface area (Å²) in [6.07, 6.45) is -5.67. The molecule has 2 fully saturated rings. The number of primary amides is 1. The summed E-state index contributed by atoms with van der Waals surface area (Å²) in [5.41, 5.74) is 11.4. The van der Waals surface area contributed by atoms with Gasteiger partial charge >= 0.3 is 7.82 Å². The van der Waals surface area contributed by atoms with Gasteiger partial charge in [0.2, 0.25) is 0 Å². The lowest BCUT2D eigenvalue weighted by Crippen LogP contribution is -2.46. The summed E-state index contributed by atoms with van der Waals surface area (Å²) in [7, 11) is -11.0. The first-order valence-corrected chi connectivity index (χ1v) is 17.9. The number of nitrogens with two attached hydrogens (primary N) is 2. The Bertz CT molecular complexity index is 1760. The predicted octanol–water partition coefficient (Wildman–Crippen LogP) is -2.27. The van der Waals surface area contributed by atoms with E-state index < -0.39 is 83.8 Å². The number of hydrogen-bond donors (Lipinski definition) is 7. The zero-order valence-electron chi connectivity index (χ0n) is 26.5. The molecule has 0 aromatic carbocycles. The number of hydrogen-bond acceptors (Lipinski definition) is 18. The molecule has 0 spiro atoms. The van der Waals surface area contributed by atoms with Crippen LogP contribution in [0.4, 0.5) is 5.82 Å². The molecule has 276 valence electrons. The summed E-state index contributed by atoms with van der Waals surface area (Å²) in [4.78, 5) is 55.7. The number of Topliss-reactive ketones (excluding diaryl/α,β-unsaturated/α-hetero) is 1. The molecule has 50 heavy (non-hydrogen) atoms. The van der Waals surface area contributed by atoms with E-state index in [1.54, 1.807) is 0 Å². The van der Waals surface area contributed by atoms with E-state index >= 15 is 0 Å². The number of nitrogens with zero attached hydrogens (tertiary/aromatic N) is 5. The number of ether oxygens (including phenoxy) is 2. The molecule has 3 aromatic rings. The number of ketones is 1. The van der Waals surface area contributed by atoms with Crippen LogP contribution in [0.25, 0.3) is 11.2 Å². The Hall–Kier alpha value is -3.34. The van der Waals surface area contributed by atoms with Crippen molar-refractivity contribution in [1.82, 2.24) is 19.5 Å². The topological polar surface area (TPSA) is 338 Å². The van der Waals surface area contributed by atoms with Gasteiger partial charge in [-0.25, -0.2) is 23.8 Å². The molecule has 0 saturated carbocycles. The Morgan fingerprint density at radius 1 is 1.00 bits per heavy atom. The van der Waals surface area contributed by atoms with Gasteiger partial charge in [0.1, 0.15) is 53.7 Å². The Balaban J connectivity index is 0.000000860. The third-order valence-corrected chi connectivity index (χ3v) is 10.1. The molecule has 0 radical (unpaired) electrons. The van der Waals surface area contributed by atoms with Crippen LogP contribution < -0.4 is 20.9 Å². The first-order valence-electron chi connectivity index (χ1n) is 14.9.